The van der Waals surface area contributed by atoms with Gasteiger partial charge in [0.2, 0.25) is 5.91 Å². The number of nitrogens with zero attached hydrogens (tertiary/aromatic N) is 2. The fraction of sp³-hybridized carbons (Fsp3) is 0.632. The van der Waals surface area contributed by atoms with Crippen molar-refractivity contribution >= 4 is 5.91 Å². The van der Waals surface area contributed by atoms with Crippen molar-refractivity contribution in [1.82, 2.24) is 15.1 Å². The maximum atomic E-state index is 12.1. The Bertz CT molecular complexity index is 479. The smallest absolute Gasteiger partial charge is 0.234 e. The molecule has 4 heteroatoms. The van der Waals surface area contributed by atoms with Crippen LogP contribution in [-0.2, 0) is 11.2 Å². The SMILES string of the molecule is CCC(C)(C)N1CCN(CC(=O)NCCc2ccccc2)CC1. The van der Waals surface area contributed by atoms with Crippen LogP contribution < -0.4 is 5.32 Å². The van der Waals surface area contributed by atoms with Crippen LogP contribution in [0, 0.1) is 0 Å². The number of piperazine rings is 1. The van der Waals surface area contributed by atoms with Crippen LogP contribution in [0.15, 0.2) is 30.3 Å². The summed E-state index contributed by atoms with van der Waals surface area (Å²) >= 11 is 0. The second kappa shape index (κ2) is 8.46. The van der Waals surface area contributed by atoms with Gasteiger partial charge >= 0.3 is 0 Å². The molecule has 0 aromatic heterocycles. The minimum atomic E-state index is 0.143. The van der Waals surface area contributed by atoms with Crippen molar-refractivity contribution < 1.29 is 4.79 Å². The van der Waals surface area contributed by atoms with Crippen LogP contribution in [0.4, 0.5) is 0 Å². The molecule has 1 aliphatic heterocycles. The number of carbonyl (C=O) groups is 1. The zero-order valence-electron chi connectivity index (χ0n) is 14.8. The van der Waals surface area contributed by atoms with Crippen LogP contribution in [0.5, 0.6) is 0 Å². The molecule has 0 unspecified atom stereocenters. The minimum absolute atomic E-state index is 0.143. The molecule has 23 heavy (non-hydrogen) atoms. The maximum absolute atomic E-state index is 12.1. The Morgan fingerprint density at radius 2 is 1.78 bits per heavy atom. The number of hydrogen-bond acceptors (Lipinski definition) is 3. The molecular formula is C19H31N3O. The van der Waals surface area contributed by atoms with Gasteiger partial charge < -0.3 is 5.32 Å². The predicted molar refractivity (Wildman–Crippen MR) is 95.5 cm³/mol. The number of rotatable bonds is 7. The molecule has 1 aliphatic rings. The van der Waals surface area contributed by atoms with Crippen molar-refractivity contribution in [3.8, 4) is 0 Å². The van der Waals surface area contributed by atoms with Crippen LogP contribution in [0.2, 0.25) is 0 Å². The van der Waals surface area contributed by atoms with Crippen molar-refractivity contribution in [1.29, 1.82) is 0 Å². The highest BCUT2D eigenvalue weighted by molar-refractivity contribution is 5.78. The highest BCUT2D eigenvalue weighted by Gasteiger charge is 2.28. The van der Waals surface area contributed by atoms with E-state index in [1.807, 2.05) is 18.2 Å². The van der Waals surface area contributed by atoms with Gasteiger partial charge in [-0.3, -0.25) is 14.6 Å². The molecule has 128 valence electrons. The van der Waals surface area contributed by atoms with E-state index >= 15 is 0 Å². The average molecular weight is 317 g/mol. The standard InChI is InChI=1S/C19H31N3O/c1-4-19(2,3)22-14-12-21(13-15-22)16-18(23)20-11-10-17-8-6-5-7-9-17/h5-9H,4,10-16H2,1-3H3,(H,20,23). The Balaban J connectivity index is 1.65. The molecule has 2 rings (SSSR count). The first-order valence-corrected chi connectivity index (χ1v) is 8.79. The largest absolute Gasteiger partial charge is 0.355 e. The van der Waals surface area contributed by atoms with Gasteiger partial charge in [-0.1, -0.05) is 37.3 Å². The molecule has 0 aliphatic carbocycles. The van der Waals surface area contributed by atoms with Gasteiger partial charge in [0.1, 0.15) is 0 Å². The van der Waals surface area contributed by atoms with Gasteiger partial charge in [-0.05, 0) is 32.3 Å². The summed E-state index contributed by atoms with van der Waals surface area (Å²) in [6, 6.07) is 10.3. The quantitative estimate of drug-likeness (QED) is 0.837. The van der Waals surface area contributed by atoms with E-state index in [0.717, 1.165) is 39.0 Å². The molecule has 0 bridgehead atoms. The summed E-state index contributed by atoms with van der Waals surface area (Å²) in [5.41, 5.74) is 1.53. The molecular weight excluding hydrogens is 286 g/mol. The van der Waals surface area contributed by atoms with E-state index in [0.29, 0.717) is 13.1 Å². The van der Waals surface area contributed by atoms with Gasteiger partial charge in [-0.15, -0.1) is 0 Å². The number of benzene rings is 1. The first-order valence-electron chi connectivity index (χ1n) is 8.79. The van der Waals surface area contributed by atoms with E-state index in [2.05, 4.69) is 48.0 Å². The lowest BCUT2D eigenvalue weighted by atomic mass is 9.98. The van der Waals surface area contributed by atoms with Crippen molar-refractivity contribution in [2.75, 3.05) is 39.3 Å². The van der Waals surface area contributed by atoms with Crippen molar-refractivity contribution in [3.05, 3.63) is 35.9 Å². The topological polar surface area (TPSA) is 35.6 Å². The third-order valence-corrected chi connectivity index (χ3v) is 5.04. The lowest BCUT2D eigenvalue weighted by Crippen LogP contribution is -2.55. The van der Waals surface area contributed by atoms with Crippen molar-refractivity contribution in [2.45, 2.75) is 39.2 Å². The molecule has 1 amide bonds. The van der Waals surface area contributed by atoms with E-state index in [9.17, 15) is 4.79 Å². The van der Waals surface area contributed by atoms with Gasteiger partial charge in [0.25, 0.3) is 0 Å². The van der Waals surface area contributed by atoms with Gasteiger partial charge in [0.15, 0.2) is 0 Å². The maximum Gasteiger partial charge on any atom is 0.234 e. The molecule has 1 fully saturated rings. The fourth-order valence-electron chi connectivity index (χ4n) is 2.98. The van der Waals surface area contributed by atoms with Crippen LogP contribution in [0.25, 0.3) is 0 Å². The van der Waals surface area contributed by atoms with Gasteiger partial charge in [-0.2, -0.15) is 0 Å². The second-order valence-electron chi connectivity index (χ2n) is 7.01. The fourth-order valence-corrected chi connectivity index (χ4v) is 2.98. The first kappa shape index (κ1) is 18.0. The van der Waals surface area contributed by atoms with E-state index in [-0.39, 0.29) is 11.4 Å². The van der Waals surface area contributed by atoms with Crippen LogP contribution in [0.1, 0.15) is 32.8 Å². The van der Waals surface area contributed by atoms with E-state index in [1.165, 1.54) is 5.56 Å². The summed E-state index contributed by atoms with van der Waals surface area (Å²) in [5, 5.41) is 3.04. The van der Waals surface area contributed by atoms with Gasteiger partial charge in [0.05, 0.1) is 6.54 Å². The highest BCUT2D eigenvalue weighted by atomic mass is 16.2. The molecule has 1 heterocycles. The summed E-state index contributed by atoms with van der Waals surface area (Å²) in [6.45, 7) is 12.2. The summed E-state index contributed by atoms with van der Waals surface area (Å²) in [4.78, 5) is 16.9. The van der Waals surface area contributed by atoms with Crippen molar-refractivity contribution in [3.63, 3.8) is 0 Å². The molecule has 1 aromatic rings. The molecule has 0 saturated carbocycles. The lowest BCUT2D eigenvalue weighted by Gasteiger charge is -2.43. The monoisotopic (exact) mass is 317 g/mol. The average Bonchev–Trinajstić information content (AvgIpc) is 2.56. The number of carbonyl (C=O) groups excluding carboxylic acids is 1. The number of hydrogen-bond donors (Lipinski definition) is 1. The van der Waals surface area contributed by atoms with Gasteiger partial charge in [0, 0.05) is 38.3 Å². The van der Waals surface area contributed by atoms with E-state index in [4.69, 9.17) is 0 Å². The molecule has 1 aromatic carbocycles. The minimum Gasteiger partial charge on any atom is -0.355 e. The van der Waals surface area contributed by atoms with Crippen molar-refractivity contribution in [2.24, 2.45) is 0 Å². The third kappa shape index (κ3) is 5.63. The normalized spacial score (nSPS) is 17.2. The Morgan fingerprint density at radius 1 is 1.13 bits per heavy atom. The Hall–Kier alpha value is -1.39. The Labute approximate surface area is 140 Å². The first-order chi connectivity index (χ1) is 11.0. The molecule has 4 nitrogen and oxygen atoms in total. The third-order valence-electron chi connectivity index (χ3n) is 5.04. The van der Waals surface area contributed by atoms with E-state index < -0.39 is 0 Å². The second-order valence-corrected chi connectivity index (χ2v) is 7.01. The summed E-state index contributed by atoms with van der Waals surface area (Å²) < 4.78 is 0. The highest BCUT2D eigenvalue weighted by Crippen LogP contribution is 2.19. The van der Waals surface area contributed by atoms with Crippen LogP contribution in [0.3, 0.4) is 0 Å². The Morgan fingerprint density at radius 3 is 2.39 bits per heavy atom. The van der Waals surface area contributed by atoms with Crippen LogP contribution in [-0.4, -0.2) is 60.5 Å². The summed E-state index contributed by atoms with van der Waals surface area (Å²) in [6.07, 6.45) is 2.05. The molecule has 0 spiro atoms. The molecule has 1 N–H and O–H groups in total. The number of nitrogens with one attached hydrogen (secondary N) is 1. The summed E-state index contributed by atoms with van der Waals surface area (Å²) in [5.74, 6) is 0.143. The lowest BCUT2D eigenvalue weighted by molar-refractivity contribution is -0.122. The Kier molecular flexibility index (Phi) is 6.60. The molecule has 0 radical (unpaired) electrons. The molecule has 0 atom stereocenters. The zero-order chi connectivity index (χ0) is 16.7. The zero-order valence-corrected chi connectivity index (χ0v) is 14.8. The van der Waals surface area contributed by atoms with Gasteiger partial charge in [-0.25, -0.2) is 0 Å². The summed E-state index contributed by atoms with van der Waals surface area (Å²) in [7, 11) is 0. The molecule has 1 saturated heterocycles. The number of amides is 1. The van der Waals surface area contributed by atoms with Crippen LogP contribution >= 0.6 is 0 Å². The predicted octanol–water partition coefficient (Wildman–Crippen LogP) is 2.15. The van der Waals surface area contributed by atoms with E-state index in [1.54, 1.807) is 0 Å².